The predicted octanol–water partition coefficient (Wildman–Crippen LogP) is 2.75. The van der Waals surface area contributed by atoms with Gasteiger partial charge in [0.15, 0.2) is 5.56 Å². The second-order valence-corrected chi connectivity index (χ2v) is 5.44. The molecular weight excluding hydrogens is 290 g/mol. The molecule has 2 aromatic heterocycles. The van der Waals surface area contributed by atoms with Crippen LogP contribution in [0.25, 0.3) is 20.7 Å². The summed E-state index contributed by atoms with van der Waals surface area (Å²) in [5, 5.41) is 10.6. The molecular formula is C15H11NO4S. The highest BCUT2D eigenvalue weighted by Crippen LogP contribution is 2.36. The molecule has 1 aromatic carbocycles. The minimum absolute atomic E-state index is 0.348. The molecule has 0 saturated carbocycles. The van der Waals surface area contributed by atoms with Crippen molar-refractivity contribution in [3.8, 4) is 16.2 Å². The average molecular weight is 301 g/mol. The Bertz CT molecular complexity index is 880. The Labute approximate surface area is 123 Å². The fourth-order valence-electron chi connectivity index (χ4n) is 2.10. The first-order valence-corrected chi connectivity index (χ1v) is 6.96. The smallest absolute Gasteiger partial charge is 0.347 e. The number of aromatic hydroxyl groups is 1. The van der Waals surface area contributed by atoms with Crippen LogP contribution in [0.5, 0.6) is 5.75 Å². The van der Waals surface area contributed by atoms with E-state index in [0.29, 0.717) is 10.2 Å². The molecule has 0 aliphatic rings. The van der Waals surface area contributed by atoms with Crippen LogP contribution in [0.1, 0.15) is 10.4 Å². The van der Waals surface area contributed by atoms with E-state index in [2.05, 4.69) is 9.72 Å². The number of ether oxygens (including phenoxy) is 1. The Morgan fingerprint density at radius 2 is 2.00 bits per heavy atom. The quantitative estimate of drug-likeness (QED) is 0.713. The van der Waals surface area contributed by atoms with E-state index in [1.165, 1.54) is 11.3 Å². The van der Waals surface area contributed by atoms with Gasteiger partial charge in [-0.1, -0.05) is 30.3 Å². The number of nitrogens with one attached hydrogen (secondary N) is 1. The van der Waals surface area contributed by atoms with Crippen LogP contribution in [0.2, 0.25) is 0 Å². The molecule has 5 nitrogen and oxygen atoms in total. The van der Waals surface area contributed by atoms with Crippen molar-refractivity contribution >= 4 is 27.5 Å². The Kier molecular flexibility index (Phi) is 3.23. The molecule has 0 bridgehead atoms. The van der Waals surface area contributed by atoms with Crippen molar-refractivity contribution in [1.29, 1.82) is 0 Å². The highest BCUT2D eigenvalue weighted by atomic mass is 32.1. The Morgan fingerprint density at radius 3 is 2.67 bits per heavy atom. The van der Waals surface area contributed by atoms with Crippen LogP contribution >= 0.6 is 11.3 Å². The van der Waals surface area contributed by atoms with E-state index in [9.17, 15) is 14.7 Å². The van der Waals surface area contributed by atoms with Gasteiger partial charge in [0.2, 0.25) is 0 Å². The lowest BCUT2D eigenvalue weighted by Crippen LogP contribution is -2.18. The fraction of sp³-hybridized carbons (Fsp3) is 0.0667. The number of aromatic amines is 1. The van der Waals surface area contributed by atoms with Gasteiger partial charge < -0.3 is 14.8 Å². The molecule has 0 unspecified atom stereocenters. The van der Waals surface area contributed by atoms with E-state index in [1.807, 2.05) is 30.3 Å². The maximum atomic E-state index is 11.9. The molecule has 0 spiro atoms. The van der Waals surface area contributed by atoms with E-state index in [0.717, 1.165) is 17.6 Å². The van der Waals surface area contributed by atoms with Crippen molar-refractivity contribution in [1.82, 2.24) is 4.98 Å². The maximum absolute atomic E-state index is 11.9. The van der Waals surface area contributed by atoms with E-state index in [-0.39, 0.29) is 11.3 Å². The van der Waals surface area contributed by atoms with Gasteiger partial charge in [0.05, 0.1) is 12.5 Å². The summed E-state index contributed by atoms with van der Waals surface area (Å²) in [6.07, 6.45) is 0. The van der Waals surface area contributed by atoms with E-state index >= 15 is 0 Å². The molecule has 3 rings (SSSR count). The standard InChI is InChI=1S/C15H11NO4S/c1-20-15(19)11-12(17)9-7-10(8-5-3-2-4-6-8)21-14(9)16-13(11)18/h2-7H,1H3,(H2,16,17,18). The zero-order chi connectivity index (χ0) is 15.0. The number of hydrogen-bond acceptors (Lipinski definition) is 5. The number of carbonyl (C=O) groups is 1. The van der Waals surface area contributed by atoms with Crippen LogP contribution in [-0.4, -0.2) is 23.2 Å². The Morgan fingerprint density at radius 1 is 1.29 bits per heavy atom. The predicted molar refractivity (Wildman–Crippen MR) is 80.9 cm³/mol. The molecule has 3 aromatic rings. The number of hydrogen-bond donors (Lipinski definition) is 2. The van der Waals surface area contributed by atoms with Crippen LogP contribution < -0.4 is 5.56 Å². The third-order valence-electron chi connectivity index (χ3n) is 3.13. The highest BCUT2D eigenvalue weighted by Gasteiger charge is 2.21. The van der Waals surface area contributed by atoms with Gasteiger partial charge in [-0.3, -0.25) is 4.79 Å². The van der Waals surface area contributed by atoms with Crippen molar-refractivity contribution in [2.75, 3.05) is 7.11 Å². The van der Waals surface area contributed by atoms with E-state index < -0.39 is 11.5 Å². The van der Waals surface area contributed by atoms with Crippen LogP contribution in [0.3, 0.4) is 0 Å². The summed E-state index contributed by atoms with van der Waals surface area (Å²) >= 11 is 1.34. The Hall–Kier alpha value is -2.60. The van der Waals surface area contributed by atoms with Crippen LogP contribution in [0.15, 0.2) is 41.2 Å². The molecule has 0 fully saturated rings. The second kappa shape index (κ2) is 5.06. The van der Waals surface area contributed by atoms with Crippen molar-refractivity contribution in [3.05, 3.63) is 52.3 Å². The summed E-state index contributed by atoms with van der Waals surface area (Å²) in [7, 11) is 1.16. The summed E-state index contributed by atoms with van der Waals surface area (Å²) in [4.78, 5) is 27.5. The molecule has 21 heavy (non-hydrogen) atoms. The summed E-state index contributed by atoms with van der Waals surface area (Å²) in [6, 6.07) is 11.3. The minimum atomic E-state index is -0.858. The number of thiophene rings is 1. The molecule has 0 aliphatic heterocycles. The lowest BCUT2D eigenvalue weighted by atomic mass is 10.1. The lowest BCUT2D eigenvalue weighted by Gasteiger charge is -2.02. The van der Waals surface area contributed by atoms with Gasteiger partial charge in [-0.15, -0.1) is 11.3 Å². The average Bonchev–Trinajstić information content (AvgIpc) is 2.92. The number of methoxy groups -OCH3 is 1. The molecule has 0 amide bonds. The Balaban J connectivity index is 2.26. The van der Waals surface area contributed by atoms with Crippen molar-refractivity contribution in [2.24, 2.45) is 0 Å². The lowest BCUT2D eigenvalue weighted by molar-refractivity contribution is 0.0595. The van der Waals surface area contributed by atoms with E-state index in [4.69, 9.17) is 0 Å². The normalized spacial score (nSPS) is 10.7. The molecule has 2 N–H and O–H groups in total. The van der Waals surface area contributed by atoms with Crippen molar-refractivity contribution in [3.63, 3.8) is 0 Å². The molecule has 106 valence electrons. The third kappa shape index (κ3) is 2.19. The second-order valence-electron chi connectivity index (χ2n) is 4.39. The van der Waals surface area contributed by atoms with E-state index in [1.54, 1.807) is 6.07 Å². The number of carbonyl (C=O) groups excluding carboxylic acids is 1. The van der Waals surface area contributed by atoms with Crippen LogP contribution in [0, 0.1) is 0 Å². The monoisotopic (exact) mass is 301 g/mol. The van der Waals surface area contributed by atoms with Gasteiger partial charge in [-0.05, 0) is 11.6 Å². The summed E-state index contributed by atoms with van der Waals surface area (Å²) < 4.78 is 4.52. The molecule has 0 radical (unpaired) electrons. The van der Waals surface area contributed by atoms with Gasteiger partial charge in [0.25, 0.3) is 5.56 Å². The van der Waals surface area contributed by atoms with Crippen molar-refractivity contribution < 1.29 is 14.6 Å². The van der Waals surface area contributed by atoms with Gasteiger partial charge in [0, 0.05) is 4.88 Å². The van der Waals surface area contributed by atoms with Gasteiger partial charge >= 0.3 is 5.97 Å². The number of aromatic nitrogens is 1. The number of pyridine rings is 1. The SMILES string of the molecule is COC(=O)c1c(O)c2cc(-c3ccccc3)sc2[nH]c1=O. The molecule has 0 atom stereocenters. The minimum Gasteiger partial charge on any atom is -0.506 e. The van der Waals surface area contributed by atoms with Gasteiger partial charge in [-0.25, -0.2) is 4.79 Å². The number of H-pyrrole nitrogens is 1. The van der Waals surface area contributed by atoms with Crippen molar-refractivity contribution in [2.45, 2.75) is 0 Å². The summed E-state index contributed by atoms with van der Waals surface area (Å²) in [5.41, 5.74) is -0.0608. The van der Waals surface area contributed by atoms with Gasteiger partial charge in [0.1, 0.15) is 10.6 Å². The first-order chi connectivity index (χ1) is 10.1. The number of benzene rings is 1. The zero-order valence-corrected chi connectivity index (χ0v) is 11.9. The molecule has 0 aliphatic carbocycles. The largest absolute Gasteiger partial charge is 0.506 e. The molecule has 2 heterocycles. The fourth-order valence-corrected chi connectivity index (χ4v) is 3.16. The third-order valence-corrected chi connectivity index (χ3v) is 4.23. The number of fused-ring (bicyclic) bond motifs is 1. The first-order valence-electron chi connectivity index (χ1n) is 6.14. The maximum Gasteiger partial charge on any atom is 0.347 e. The van der Waals surface area contributed by atoms with Crippen LogP contribution in [0.4, 0.5) is 0 Å². The molecule has 6 heteroatoms. The highest BCUT2D eigenvalue weighted by molar-refractivity contribution is 7.21. The topological polar surface area (TPSA) is 79.4 Å². The molecule has 0 saturated heterocycles. The zero-order valence-electron chi connectivity index (χ0n) is 11.0. The van der Waals surface area contributed by atoms with Crippen LogP contribution in [-0.2, 0) is 4.74 Å². The number of esters is 1. The summed E-state index contributed by atoms with van der Waals surface area (Å²) in [6.45, 7) is 0. The first kappa shape index (κ1) is 13.4. The number of rotatable bonds is 2. The van der Waals surface area contributed by atoms with Gasteiger partial charge in [-0.2, -0.15) is 0 Å². The summed E-state index contributed by atoms with van der Waals surface area (Å²) in [5.74, 6) is -1.21.